The number of pyridine rings is 1. The minimum absolute atomic E-state index is 0.0374. The summed E-state index contributed by atoms with van der Waals surface area (Å²) in [6.45, 7) is 4.19. The zero-order valence-electron chi connectivity index (χ0n) is 17.9. The van der Waals surface area contributed by atoms with E-state index in [0.29, 0.717) is 12.6 Å². The Kier molecular flexibility index (Phi) is 7.05. The Balaban J connectivity index is 1.55. The fourth-order valence-electron chi connectivity index (χ4n) is 4.61. The zero-order valence-corrected chi connectivity index (χ0v) is 18.7. The van der Waals surface area contributed by atoms with Gasteiger partial charge in [-0.15, -0.1) is 0 Å². The van der Waals surface area contributed by atoms with Crippen molar-refractivity contribution in [2.75, 3.05) is 13.2 Å². The third-order valence-corrected chi connectivity index (χ3v) is 6.80. The molecule has 1 aliphatic carbocycles. The van der Waals surface area contributed by atoms with Crippen molar-refractivity contribution in [2.45, 2.75) is 77.0 Å². The van der Waals surface area contributed by atoms with E-state index in [4.69, 9.17) is 17.0 Å². The molecule has 0 bridgehead atoms. The first-order chi connectivity index (χ1) is 14.6. The van der Waals surface area contributed by atoms with Gasteiger partial charge in [0.05, 0.1) is 12.6 Å². The van der Waals surface area contributed by atoms with Gasteiger partial charge in [-0.1, -0.05) is 32.3 Å². The molecule has 2 aromatic rings. The highest BCUT2D eigenvalue weighted by molar-refractivity contribution is 7.80. The maximum atomic E-state index is 12.8. The number of hydrogen-bond donors (Lipinski definition) is 2. The summed E-state index contributed by atoms with van der Waals surface area (Å²) in [5, 5.41) is 5.40. The number of aryl methyl sites for hydroxylation is 1. The number of H-pyrrole nitrogens is 1. The first-order valence-corrected chi connectivity index (χ1v) is 11.8. The Morgan fingerprint density at radius 3 is 2.77 bits per heavy atom. The van der Waals surface area contributed by atoms with E-state index < -0.39 is 0 Å². The van der Waals surface area contributed by atoms with Crippen LogP contribution in [0.15, 0.2) is 29.1 Å². The molecular weight excluding hydrogens is 394 g/mol. The van der Waals surface area contributed by atoms with Gasteiger partial charge in [-0.2, -0.15) is 0 Å². The average molecular weight is 428 g/mol. The molecule has 4 rings (SSSR count). The Bertz CT molecular complexity index is 930. The lowest BCUT2D eigenvalue weighted by Gasteiger charge is -2.32. The number of hydrogen-bond acceptors (Lipinski definition) is 3. The molecule has 1 aromatic carbocycles. The highest BCUT2D eigenvalue weighted by Crippen LogP contribution is 2.20. The van der Waals surface area contributed by atoms with E-state index in [0.717, 1.165) is 54.0 Å². The van der Waals surface area contributed by atoms with Crippen molar-refractivity contribution >= 4 is 28.2 Å². The predicted octanol–water partition coefficient (Wildman–Crippen LogP) is 4.28. The third-order valence-electron chi connectivity index (χ3n) is 6.42. The van der Waals surface area contributed by atoms with E-state index in [1.807, 2.05) is 12.1 Å². The van der Waals surface area contributed by atoms with Gasteiger partial charge in [-0.05, 0) is 73.5 Å². The minimum atomic E-state index is -0.0374. The van der Waals surface area contributed by atoms with Crippen LogP contribution in [0.25, 0.3) is 10.9 Å². The number of aromatic nitrogens is 1. The van der Waals surface area contributed by atoms with Crippen molar-refractivity contribution in [2.24, 2.45) is 0 Å². The second-order valence-electron chi connectivity index (χ2n) is 8.70. The van der Waals surface area contributed by atoms with Crippen LogP contribution in [0.1, 0.15) is 63.0 Å². The van der Waals surface area contributed by atoms with E-state index in [1.54, 1.807) is 0 Å². The first kappa shape index (κ1) is 21.3. The maximum Gasteiger partial charge on any atom is 0.253 e. The van der Waals surface area contributed by atoms with Crippen molar-refractivity contribution in [1.82, 2.24) is 15.2 Å². The van der Waals surface area contributed by atoms with E-state index in [2.05, 4.69) is 34.3 Å². The van der Waals surface area contributed by atoms with Crippen molar-refractivity contribution in [3.63, 3.8) is 0 Å². The molecule has 1 saturated carbocycles. The number of ether oxygens (including phenoxy) is 1. The molecule has 0 unspecified atom stereocenters. The Hall–Kier alpha value is -1.92. The van der Waals surface area contributed by atoms with E-state index >= 15 is 0 Å². The zero-order chi connectivity index (χ0) is 20.9. The Morgan fingerprint density at radius 1 is 1.20 bits per heavy atom. The normalized spacial score (nSPS) is 19.8. The average Bonchev–Trinajstić information content (AvgIpc) is 3.27. The van der Waals surface area contributed by atoms with Crippen LogP contribution in [-0.4, -0.2) is 40.3 Å². The summed E-state index contributed by atoms with van der Waals surface area (Å²) in [6.07, 6.45) is 9.48. The first-order valence-electron chi connectivity index (χ1n) is 11.4. The monoisotopic (exact) mass is 427 g/mol. The molecule has 1 aromatic heterocycles. The fraction of sp³-hybridized carbons (Fsp3) is 0.583. The van der Waals surface area contributed by atoms with Crippen LogP contribution < -0.4 is 10.9 Å². The number of nitrogens with zero attached hydrogens (tertiary/aromatic N) is 1. The Morgan fingerprint density at radius 2 is 2.03 bits per heavy atom. The second-order valence-corrected chi connectivity index (χ2v) is 9.09. The predicted molar refractivity (Wildman–Crippen MR) is 126 cm³/mol. The van der Waals surface area contributed by atoms with Crippen LogP contribution in [0.2, 0.25) is 0 Å². The highest BCUT2D eigenvalue weighted by atomic mass is 32.1. The van der Waals surface area contributed by atoms with Gasteiger partial charge in [0.15, 0.2) is 5.11 Å². The van der Waals surface area contributed by atoms with Crippen molar-refractivity contribution in [3.8, 4) is 0 Å². The lowest BCUT2D eigenvalue weighted by atomic mass is 9.96. The SMILES string of the molecule is CCc1ccc2[nH]c(=O)c(CN(C[C@H]3CCCO3)C(=S)NC3CCCCC3)cc2c1. The van der Waals surface area contributed by atoms with Crippen LogP contribution in [-0.2, 0) is 17.7 Å². The lowest BCUT2D eigenvalue weighted by molar-refractivity contribution is 0.0894. The summed E-state index contributed by atoms with van der Waals surface area (Å²) in [5.74, 6) is 0. The van der Waals surface area contributed by atoms with Gasteiger partial charge < -0.3 is 19.9 Å². The van der Waals surface area contributed by atoms with E-state index in [-0.39, 0.29) is 11.7 Å². The van der Waals surface area contributed by atoms with Crippen LogP contribution in [0, 0.1) is 0 Å². The van der Waals surface area contributed by atoms with Gasteiger partial charge in [0.25, 0.3) is 5.56 Å². The quantitative estimate of drug-likeness (QED) is 0.674. The summed E-state index contributed by atoms with van der Waals surface area (Å²) in [5.41, 5.74) is 2.87. The van der Waals surface area contributed by atoms with Crippen LogP contribution in [0.3, 0.4) is 0 Å². The molecule has 1 aliphatic heterocycles. The molecule has 6 heteroatoms. The molecular formula is C24H33N3O2S. The summed E-state index contributed by atoms with van der Waals surface area (Å²) >= 11 is 5.82. The summed E-state index contributed by atoms with van der Waals surface area (Å²) in [7, 11) is 0. The van der Waals surface area contributed by atoms with Gasteiger partial charge in [0.2, 0.25) is 0 Å². The van der Waals surface area contributed by atoms with Gasteiger partial charge in [0.1, 0.15) is 0 Å². The van der Waals surface area contributed by atoms with Crippen molar-refractivity contribution < 1.29 is 4.74 Å². The van der Waals surface area contributed by atoms with Gasteiger partial charge in [-0.25, -0.2) is 0 Å². The lowest BCUT2D eigenvalue weighted by Crippen LogP contribution is -2.47. The van der Waals surface area contributed by atoms with Crippen molar-refractivity contribution in [3.05, 3.63) is 45.7 Å². The molecule has 2 aliphatic rings. The number of nitrogens with one attached hydrogen (secondary N) is 2. The number of aromatic amines is 1. The summed E-state index contributed by atoms with van der Waals surface area (Å²) in [6, 6.07) is 8.71. The molecule has 2 N–H and O–H groups in total. The molecule has 2 fully saturated rings. The number of thiocarbonyl (C=S) groups is 1. The molecule has 0 radical (unpaired) electrons. The highest BCUT2D eigenvalue weighted by Gasteiger charge is 2.24. The minimum Gasteiger partial charge on any atom is -0.376 e. The molecule has 0 spiro atoms. The molecule has 2 heterocycles. The number of rotatable bonds is 6. The molecule has 5 nitrogen and oxygen atoms in total. The smallest absolute Gasteiger partial charge is 0.253 e. The van der Waals surface area contributed by atoms with Gasteiger partial charge in [0, 0.05) is 30.3 Å². The standard InChI is InChI=1S/C24H33N3O2S/c1-2-17-10-11-22-18(13-17)14-19(23(28)26-22)15-27(16-21-9-6-12-29-21)24(30)25-20-7-4-3-5-8-20/h10-11,13-14,20-21H,2-9,12,15-16H2,1H3,(H,25,30)(H,26,28)/t21-/m1/s1. The van der Waals surface area contributed by atoms with Crippen LogP contribution in [0.4, 0.5) is 0 Å². The molecule has 1 saturated heterocycles. The topological polar surface area (TPSA) is 57.4 Å². The van der Waals surface area contributed by atoms with Crippen LogP contribution in [0.5, 0.6) is 0 Å². The van der Waals surface area contributed by atoms with Gasteiger partial charge >= 0.3 is 0 Å². The second kappa shape index (κ2) is 9.92. The molecule has 162 valence electrons. The largest absolute Gasteiger partial charge is 0.376 e. The summed E-state index contributed by atoms with van der Waals surface area (Å²) in [4.78, 5) is 18.0. The van der Waals surface area contributed by atoms with E-state index in [9.17, 15) is 4.79 Å². The maximum absolute atomic E-state index is 12.8. The number of benzene rings is 1. The number of fused-ring (bicyclic) bond motifs is 1. The third kappa shape index (κ3) is 5.22. The Labute approximate surface area is 184 Å². The molecule has 0 amide bonds. The van der Waals surface area contributed by atoms with E-state index in [1.165, 1.54) is 37.7 Å². The van der Waals surface area contributed by atoms with Crippen LogP contribution >= 0.6 is 12.2 Å². The summed E-state index contributed by atoms with van der Waals surface area (Å²) < 4.78 is 5.88. The molecule has 30 heavy (non-hydrogen) atoms. The fourth-order valence-corrected chi connectivity index (χ4v) is 4.92. The van der Waals surface area contributed by atoms with Crippen molar-refractivity contribution in [1.29, 1.82) is 0 Å². The molecule has 1 atom stereocenters. The van der Waals surface area contributed by atoms with Gasteiger partial charge in [-0.3, -0.25) is 4.79 Å².